The highest BCUT2D eigenvalue weighted by Crippen LogP contribution is 2.10. The van der Waals surface area contributed by atoms with Crippen molar-refractivity contribution in [2.75, 3.05) is 20.3 Å². The predicted molar refractivity (Wildman–Crippen MR) is 62.7 cm³/mol. The van der Waals surface area contributed by atoms with Gasteiger partial charge >= 0.3 is 0 Å². The average Bonchev–Trinajstić information content (AvgIpc) is 2.21. The topological polar surface area (TPSA) is 38.3 Å². The van der Waals surface area contributed by atoms with E-state index in [4.69, 9.17) is 4.74 Å². The van der Waals surface area contributed by atoms with Gasteiger partial charge in [-0.2, -0.15) is 0 Å². The van der Waals surface area contributed by atoms with Gasteiger partial charge in [0, 0.05) is 18.1 Å². The fraction of sp³-hybridized carbons (Fsp3) is 0.364. The van der Waals surface area contributed by atoms with Crippen molar-refractivity contribution in [3.8, 4) is 0 Å². The van der Waals surface area contributed by atoms with Crippen LogP contribution in [0.5, 0.6) is 0 Å². The van der Waals surface area contributed by atoms with E-state index in [1.54, 1.807) is 0 Å². The molecule has 0 aliphatic heterocycles. The molecule has 4 heteroatoms. The molecule has 0 aliphatic carbocycles. The Hall–Kier alpha value is -0.870. The van der Waals surface area contributed by atoms with Crippen molar-refractivity contribution < 1.29 is 9.53 Å². The summed E-state index contributed by atoms with van der Waals surface area (Å²) in [6.07, 6.45) is 0.836. The van der Waals surface area contributed by atoms with E-state index < -0.39 is 0 Å². The van der Waals surface area contributed by atoms with Crippen LogP contribution in [0.4, 0.5) is 0 Å². The van der Waals surface area contributed by atoms with Crippen LogP contribution < -0.4 is 5.32 Å². The minimum atomic E-state index is -0.0744. The van der Waals surface area contributed by atoms with Crippen molar-refractivity contribution >= 4 is 21.8 Å². The number of rotatable bonds is 5. The quantitative estimate of drug-likeness (QED) is 0.886. The van der Waals surface area contributed by atoms with Gasteiger partial charge in [0.15, 0.2) is 0 Å². The van der Waals surface area contributed by atoms with Crippen molar-refractivity contribution in [1.29, 1.82) is 0 Å². The largest absolute Gasteiger partial charge is 0.375 e. The zero-order valence-electron chi connectivity index (χ0n) is 8.63. The highest BCUT2D eigenvalue weighted by Gasteiger charge is 1.98. The van der Waals surface area contributed by atoms with Crippen molar-refractivity contribution in [2.24, 2.45) is 0 Å². The van der Waals surface area contributed by atoms with Crippen LogP contribution in [-0.2, 0) is 16.0 Å². The maximum atomic E-state index is 11.0. The van der Waals surface area contributed by atoms with Gasteiger partial charge in [-0.3, -0.25) is 4.79 Å². The second kappa shape index (κ2) is 6.58. The average molecular weight is 272 g/mol. The zero-order chi connectivity index (χ0) is 11.1. The molecule has 1 amide bonds. The number of hydrogen-bond acceptors (Lipinski definition) is 2. The number of carbonyl (C=O) groups excluding carboxylic acids is 1. The van der Waals surface area contributed by atoms with Gasteiger partial charge in [-0.05, 0) is 24.1 Å². The van der Waals surface area contributed by atoms with Gasteiger partial charge in [-0.15, -0.1) is 0 Å². The van der Waals surface area contributed by atoms with Crippen LogP contribution >= 0.6 is 15.9 Å². The molecule has 15 heavy (non-hydrogen) atoms. The molecule has 0 aliphatic rings. The van der Waals surface area contributed by atoms with Crippen molar-refractivity contribution in [3.05, 3.63) is 34.3 Å². The number of carbonyl (C=O) groups is 1. The minimum Gasteiger partial charge on any atom is -0.375 e. The van der Waals surface area contributed by atoms with Crippen LogP contribution in [0, 0.1) is 0 Å². The van der Waals surface area contributed by atoms with Gasteiger partial charge in [0.1, 0.15) is 6.61 Å². The maximum Gasteiger partial charge on any atom is 0.245 e. The van der Waals surface area contributed by atoms with Crippen LogP contribution in [0.2, 0.25) is 0 Å². The first-order valence-corrected chi connectivity index (χ1v) is 5.52. The van der Waals surface area contributed by atoms with Crippen LogP contribution in [0.15, 0.2) is 28.7 Å². The highest BCUT2D eigenvalue weighted by molar-refractivity contribution is 9.10. The third kappa shape index (κ3) is 4.95. The summed E-state index contributed by atoms with van der Waals surface area (Å²) in [6, 6.07) is 8.05. The molecule has 1 aromatic carbocycles. The summed E-state index contributed by atoms with van der Waals surface area (Å²) >= 11 is 3.37. The lowest BCUT2D eigenvalue weighted by Crippen LogP contribution is -2.28. The van der Waals surface area contributed by atoms with E-state index in [2.05, 4.69) is 21.2 Å². The van der Waals surface area contributed by atoms with Gasteiger partial charge in [-0.25, -0.2) is 0 Å². The SMILES string of the molecule is COCC(=O)NCCc1ccc(Br)cc1. The van der Waals surface area contributed by atoms with Gasteiger partial charge < -0.3 is 10.1 Å². The van der Waals surface area contributed by atoms with Crippen LogP contribution in [0.1, 0.15) is 5.56 Å². The van der Waals surface area contributed by atoms with Crippen LogP contribution in [-0.4, -0.2) is 26.2 Å². The van der Waals surface area contributed by atoms with E-state index in [0.29, 0.717) is 6.54 Å². The number of halogens is 1. The van der Waals surface area contributed by atoms with E-state index in [9.17, 15) is 4.79 Å². The molecule has 82 valence electrons. The highest BCUT2D eigenvalue weighted by atomic mass is 79.9. The number of ether oxygens (including phenoxy) is 1. The maximum absolute atomic E-state index is 11.0. The molecule has 0 radical (unpaired) electrons. The lowest BCUT2D eigenvalue weighted by Gasteiger charge is -2.04. The summed E-state index contributed by atoms with van der Waals surface area (Å²) in [5, 5.41) is 2.77. The first kappa shape index (κ1) is 12.2. The Bertz CT molecular complexity index is 311. The molecule has 1 aromatic rings. The molecule has 0 atom stereocenters. The second-order valence-electron chi connectivity index (χ2n) is 3.16. The Morgan fingerprint density at radius 1 is 1.40 bits per heavy atom. The molecule has 0 bridgehead atoms. The second-order valence-corrected chi connectivity index (χ2v) is 4.08. The zero-order valence-corrected chi connectivity index (χ0v) is 10.2. The molecule has 0 heterocycles. The third-order valence-corrected chi connectivity index (χ3v) is 2.45. The Morgan fingerprint density at radius 2 is 2.07 bits per heavy atom. The molecule has 0 spiro atoms. The van der Waals surface area contributed by atoms with Crippen LogP contribution in [0.25, 0.3) is 0 Å². The fourth-order valence-corrected chi connectivity index (χ4v) is 1.44. The number of methoxy groups -OCH3 is 1. The molecule has 0 saturated carbocycles. The Morgan fingerprint density at radius 3 is 2.67 bits per heavy atom. The minimum absolute atomic E-state index is 0.0744. The lowest BCUT2D eigenvalue weighted by molar-refractivity contribution is -0.124. The Kier molecular flexibility index (Phi) is 5.36. The van der Waals surface area contributed by atoms with Crippen molar-refractivity contribution in [1.82, 2.24) is 5.32 Å². The molecule has 0 fully saturated rings. The summed E-state index contributed by atoms with van der Waals surface area (Å²) in [7, 11) is 1.51. The Balaban J connectivity index is 2.26. The fourth-order valence-electron chi connectivity index (χ4n) is 1.18. The molecule has 1 rings (SSSR count). The number of benzene rings is 1. The molecule has 0 saturated heterocycles. The monoisotopic (exact) mass is 271 g/mol. The van der Waals surface area contributed by atoms with E-state index in [1.165, 1.54) is 12.7 Å². The van der Waals surface area contributed by atoms with Gasteiger partial charge in [0.25, 0.3) is 0 Å². The molecule has 1 N–H and O–H groups in total. The normalized spacial score (nSPS) is 10.0. The smallest absolute Gasteiger partial charge is 0.245 e. The molecular formula is C11H14BrNO2. The van der Waals surface area contributed by atoms with E-state index >= 15 is 0 Å². The number of hydrogen-bond donors (Lipinski definition) is 1. The number of amides is 1. The first-order valence-electron chi connectivity index (χ1n) is 4.72. The van der Waals surface area contributed by atoms with Crippen molar-refractivity contribution in [2.45, 2.75) is 6.42 Å². The molecule has 0 unspecified atom stereocenters. The van der Waals surface area contributed by atoms with E-state index in [0.717, 1.165) is 10.9 Å². The molecule has 0 aromatic heterocycles. The summed E-state index contributed by atoms with van der Waals surface area (Å²) < 4.78 is 5.77. The van der Waals surface area contributed by atoms with Crippen LogP contribution in [0.3, 0.4) is 0 Å². The summed E-state index contributed by atoms with van der Waals surface area (Å²) in [4.78, 5) is 11.0. The first-order chi connectivity index (χ1) is 7.22. The van der Waals surface area contributed by atoms with E-state index in [1.807, 2.05) is 24.3 Å². The summed E-state index contributed by atoms with van der Waals surface area (Å²) in [5.74, 6) is -0.0744. The molecular weight excluding hydrogens is 258 g/mol. The standard InChI is InChI=1S/C11H14BrNO2/c1-15-8-11(14)13-7-6-9-2-4-10(12)5-3-9/h2-5H,6-8H2,1H3,(H,13,14). The summed E-state index contributed by atoms with van der Waals surface area (Å²) in [5.41, 5.74) is 1.20. The predicted octanol–water partition coefficient (Wildman–Crippen LogP) is 1.75. The third-order valence-electron chi connectivity index (χ3n) is 1.92. The molecule has 3 nitrogen and oxygen atoms in total. The van der Waals surface area contributed by atoms with E-state index in [-0.39, 0.29) is 12.5 Å². The summed E-state index contributed by atoms with van der Waals surface area (Å²) in [6.45, 7) is 0.768. The number of nitrogens with one attached hydrogen (secondary N) is 1. The Labute approximate surface area is 97.9 Å². The van der Waals surface area contributed by atoms with Gasteiger partial charge in [-0.1, -0.05) is 28.1 Å². The van der Waals surface area contributed by atoms with Crippen molar-refractivity contribution in [3.63, 3.8) is 0 Å². The lowest BCUT2D eigenvalue weighted by atomic mass is 10.1. The van der Waals surface area contributed by atoms with Gasteiger partial charge in [0.05, 0.1) is 0 Å². The van der Waals surface area contributed by atoms with Gasteiger partial charge in [0.2, 0.25) is 5.91 Å².